The highest BCUT2D eigenvalue weighted by atomic mass is 16.5. The fourth-order valence-corrected chi connectivity index (χ4v) is 4.71. The summed E-state index contributed by atoms with van der Waals surface area (Å²) in [5, 5.41) is 0. The fraction of sp³-hybridized carbons (Fsp3) is 0.233. The number of rotatable bonds is 6. The number of amides is 1. The molecular formula is C30H30N2O5. The summed E-state index contributed by atoms with van der Waals surface area (Å²) in [6.45, 7) is 7.94. The molecule has 2 heterocycles. The predicted octanol–water partition coefficient (Wildman–Crippen LogP) is 5.06. The van der Waals surface area contributed by atoms with Gasteiger partial charge in [0.25, 0.3) is 5.91 Å². The Morgan fingerprint density at radius 3 is 2.19 bits per heavy atom. The van der Waals surface area contributed by atoms with Crippen molar-refractivity contribution in [2.45, 2.75) is 34.2 Å². The van der Waals surface area contributed by atoms with Gasteiger partial charge in [0, 0.05) is 17.1 Å². The van der Waals surface area contributed by atoms with Crippen LogP contribution in [0.3, 0.4) is 0 Å². The fourth-order valence-electron chi connectivity index (χ4n) is 4.71. The number of ether oxygens (including phenoxy) is 2. The summed E-state index contributed by atoms with van der Waals surface area (Å²) in [5.74, 6) is -1.26. The first kappa shape index (κ1) is 25.7. The van der Waals surface area contributed by atoms with E-state index in [0.717, 1.165) is 28.1 Å². The number of methoxy groups -OCH3 is 2. The molecule has 3 aromatic rings. The van der Waals surface area contributed by atoms with Gasteiger partial charge in [-0.25, -0.2) is 9.59 Å². The third kappa shape index (κ3) is 4.72. The second-order valence-corrected chi connectivity index (χ2v) is 9.06. The minimum absolute atomic E-state index is 0.249. The maximum absolute atomic E-state index is 13.6. The molecule has 1 aliphatic heterocycles. The first-order valence-corrected chi connectivity index (χ1v) is 11.9. The minimum Gasteiger partial charge on any atom is -0.465 e. The molecule has 0 atom stereocenters. The lowest BCUT2D eigenvalue weighted by atomic mass is 10.0. The number of allylic oxidation sites excluding steroid dienone is 1. The summed E-state index contributed by atoms with van der Waals surface area (Å²) in [6, 6.07) is 17.1. The van der Waals surface area contributed by atoms with Crippen molar-refractivity contribution < 1.29 is 23.9 Å². The number of para-hydroxylation sites is 1. The molecule has 0 saturated carbocycles. The lowest BCUT2D eigenvalue weighted by molar-refractivity contribution is -0.136. The molecule has 0 aliphatic carbocycles. The van der Waals surface area contributed by atoms with Crippen LogP contribution >= 0.6 is 0 Å². The molecule has 0 radical (unpaired) electrons. The van der Waals surface area contributed by atoms with Gasteiger partial charge in [0.05, 0.1) is 43.2 Å². The number of aryl methyl sites for hydroxylation is 2. The van der Waals surface area contributed by atoms with Crippen molar-refractivity contribution in [3.63, 3.8) is 0 Å². The van der Waals surface area contributed by atoms with Crippen molar-refractivity contribution >= 4 is 23.9 Å². The zero-order chi connectivity index (χ0) is 26.9. The first-order valence-electron chi connectivity index (χ1n) is 11.9. The Morgan fingerprint density at radius 2 is 1.54 bits per heavy atom. The Morgan fingerprint density at radius 1 is 0.892 bits per heavy atom. The summed E-state index contributed by atoms with van der Waals surface area (Å²) in [6.07, 6.45) is 1.73. The van der Waals surface area contributed by atoms with Gasteiger partial charge in [-0.3, -0.25) is 4.79 Å². The van der Waals surface area contributed by atoms with E-state index in [2.05, 4.69) is 0 Å². The van der Waals surface area contributed by atoms with Crippen LogP contribution in [0.2, 0.25) is 0 Å². The second-order valence-electron chi connectivity index (χ2n) is 9.06. The summed E-state index contributed by atoms with van der Waals surface area (Å²) in [5.41, 5.74) is 6.70. The second kappa shape index (κ2) is 10.3. The van der Waals surface area contributed by atoms with E-state index in [1.807, 2.05) is 67.8 Å². The van der Waals surface area contributed by atoms with Crippen LogP contribution < -0.4 is 0 Å². The maximum Gasteiger partial charge on any atom is 0.340 e. The van der Waals surface area contributed by atoms with Crippen LogP contribution in [-0.4, -0.2) is 41.5 Å². The van der Waals surface area contributed by atoms with Crippen molar-refractivity contribution in [3.05, 3.63) is 105 Å². The van der Waals surface area contributed by atoms with Crippen LogP contribution in [0.25, 0.3) is 11.8 Å². The third-order valence-corrected chi connectivity index (χ3v) is 6.68. The number of hydrogen-bond donors (Lipinski definition) is 0. The molecule has 1 aromatic heterocycles. The Balaban J connectivity index is 1.80. The molecule has 4 rings (SSSR count). The molecule has 0 bridgehead atoms. The molecule has 1 amide bonds. The molecule has 0 unspecified atom stereocenters. The van der Waals surface area contributed by atoms with Crippen LogP contribution in [0.5, 0.6) is 0 Å². The van der Waals surface area contributed by atoms with Gasteiger partial charge in [0.1, 0.15) is 0 Å². The molecule has 7 nitrogen and oxygen atoms in total. The quantitative estimate of drug-likeness (QED) is 0.351. The van der Waals surface area contributed by atoms with Gasteiger partial charge >= 0.3 is 11.9 Å². The molecule has 2 aromatic carbocycles. The molecule has 37 heavy (non-hydrogen) atoms. The molecule has 0 saturated heterocycles. The van der Waals surface area contributed by atoms with Crippen molar-refractivity contribution in [1.29, 1.82) is 0 Å². The Bertz CT molecular complexity index is 1460. The number of nitrogens with zero attached hydrogens (tertiary/aromatic N) is 2. The van der Waals surface area contributed by atoms with Crippen molar-refractivity contribution in [2.75, 3.05) is 14.2 Å². The van der Waals surface area contributed by atoms with Gasteiger partial charge in [0.2, 0.25) is 0 Å². The third-order valence-electron chi connectivity index (χ3n) is 6.68. The topological polar surface area (TPSA) is 77.8 Å². The summed E-state index contributed by atoms with van der Waals surface area (Å²) in [4.78, 5) is 40.4. The van der Waals surface area contributed by atoms with E-state index < -0.39 is 11.9 Å². The predicted molar refractivity (Wildman–Crippen MR) is 141 cm³/mol. The standard InChI is InChI=1S/C30H30N2O5/c1-18-11-13-22(14-12-18)17-31-21(4)27(30(35)37-6)25(28(31)33)16-23-15-19(2)32(20(23)3)26-10-8-7-9-24(26)29(34)36-5/h7-16H,17H2,1-6H3/b25-16-. The Hall–Kier alpha value is -4.39. The average Bonchev–Trinajstić information content (AvgIpc) is 3.30. The summed E-state index contributed by atoms with van der Waals surface area (Å²) < 4.78 is 12.0. The molecule has 7 heteroatoms. The van der Waals surface area contributed by atoms with Gasteiger partial charge in [-0.15, -0.1) is 0 Å². The van der Waals surface area contributed by atoms with Gasteiger partial charge in [-0.2, -0.15) is 0 Å². The normalized spacial score (nSPS) is 14.5. The number of benzene rings is 2. The van der Waals surface area contributed by atoms with E-state index in [-0.39, 0.29) is 17.1 Å². The lowest BCUT2D eigenvalue weighted by Gasteiger charge is -2.18. The molecule has 0 spiro atoms. The molecule has 190 valence electrons. The number of aromatic nitrogens is 1. The van der Waals surface area contributed by atoms with E-state index in [1.54, 1.807) is 30.0 Å². The molecule has 0 fully saturated rings. The van der Waals surface area contributed by atoms with E-state index in [9.17, 15) is 14.4 Å². The van der Waals surface area contributed by atoms with Crippen LogP contribution in [0.4, 0.5) is 0 Å². The highest BCUT2D eigenvalue weighted by Gasteiger charge is 2.37. The van der Waals surface area contributed by atoms with Crippen molar-refractivity contribution in [2.24, 2.45) is 0 Å². The molecular weight excluding hydrogens is 468 g/mol. The SMILES string of the molecule is COC(=O)C1=C(C)N(Cc2ccc(C)cc2)C(=O)/C1=C\c1cc(C)n(-c2ccccc2C(=O)OC)c1C. The molecule has 0 N–H and O–H groups in total. The zero-order valence-corrected chi connectivity index (χ0v) is 21.9. The van der Waals surface area contributed by atoms with E-state index >= 15 is 0 Å². The average molecular weight is 499 g/mol. The highest BCUT2D eigenvalue weighted by Crippen LogP contribution is 2.34. The largest absolute Gasteiger partial charge is 0.465 e. The van der Waals surface area contributed by atoms with Crippen LogP contribution in [-0.2, 0) is 25.6 Å². The van der Waals surface area contributed by atoms with Gasteiger partial charge in [0.15, 0.2) is 0 Å². The number of esters is 2. The number of hydrogen-bond acceptors (Lipinski definition) is 5. The van der Waals surface area contributed by atoms with Gasteiger partial charge < -0.3 is 18.9 Å². The highest BCUT2D eigenvalue weighted by molar-refractivity contribution is 6.16. The summed E-state index contributed by atoms with van der Waals surface area (Å²) in [7, 11) is 2.66. The smallest absolute Gasteiger partial charge is 0.340 e. The van der Waals surface area contributed by atoms with E-state index in [1.165, 1.54) is 14.2 Å². The Labute approximate surface area is 216 Å². The number of carbonyl (C=O) groups is 3. The summed E-state index contributed by atoms with van der Waals surface area (Å²) >= 11 is 0. The van der Waals surface area contributed by atoms with Crippen LogP contribution in [0, 0.1) is 20.8 Å². The van der Waals surface area contributed by atoms with E-state index in [4.69, 9.17) is 9.47 Å². The van der Waals surface area contributed by atoms with Crippen LogP contribution in [0.15, 0.2) is 71.4 Å². The van der Waals surface area contributed by atoms with Gasteiger partial charge in [-0.05, 0) is 63.1 Å². The monoisotopic (exact) mass is 498 g/mol. The van der Waals surface area contributed by atoms with Crippen LogP contribution in [0.1, 0.15) is 45.4 Å². The van der Waals surface area contributed by atoms with Gasteiger partial charge in [-0.1, -0.05) is 42.0 Å². The van der Waals surface area contributed by atoms with Crippen molar-refractivity contribution in [3.8, 4) is 5.69 Å². The van der Waals surface area contributed by atoms with Crippen molar-refractivity contribution in [1.82, 2.24) is 9.47 Å². The zero-order valence-electron chi connectivity index (χ0n) is 21.9. The first-order chi connectivity index (χ1) is 17.7. The minimum atomic E-state index is -0.562. The number of carbonyl (C=O) groups excluding carboxylic acids is 3. The lowest BCUT2D eigenvalue weighted by Crippen LogP contribution is -2.24. The molecule has 1 aliphatic rings. The maximum atomic E-state index is 13.6. The van der Waals surface area contributed by atoms with E-state index in [0.29, 0.717) is 23.5 Å². The Kier molecular flexibility index (Phi) is 7.16.